The quantitative estimate of drug-likeness (QED) is 0.579. The SMILES string of the molecule is COc1ccccc1CNC(=O)CCn1cnc2cc(S(=O)(=O)N3CCCC3)ccc21. The van der Waals surface area contributed by atoms with E-state index in [2.05, 4.69) is 10.3 Å². The van der Waals surface area contributed by atoms with Gasteiger partial charge in [0.15, 0.2) is 0 Å². The number of aromatic nitrogens is 2. The summed E-state index contributed by atoms with van der Waals surface area (Å²) >= 11 is 0. The normalized spacial score (nSPS) is 14.7. The smallest absolute Gasteiger partial charge is 0.243 e. The Morgan fingerprint density at radius 3 is 2.71 bits per heavy atom. The number of amides is 1. The number of hydrogen-bond donors (Lipinski definition) is 1. The number of carbonyl (C=O) groups is 1. The van der Waals surface area contributed by atoms with Crippen molar-refractivity contribution in [1.82, 2.24) is 19.2 Å². The van der Waals surface area contributed by atoms with Crippen molar-refractivity contribution in [1.29, 1.82) is 0 Å². The van der Waals surface area contributed by atoms with Gasteiger partial charge >= 0.3 is 0 Å². The monoisotopic (exact) mass is 442 g/mol. The molecule has 8 nitrogen and oxygen atoms in total. The molecule has 1 aliphatic rings. The Balaban J connectivity index is 1.39. The number of carbonyl (C=O) groups excluding carboxylic acids is 1. The summed E-state index contributed by atoms with van der Waals surface area (Å²) in [5.41, 5.74) is 2.32. The average Bonchev–Trinajstić information content (AvgIpc) is 3.46. The summed E-state index contributed by atoms with van der Waals surface area (Å²) in [5.74, 6) is 0.657. The average molecular weight is 443 g/mol. The summed E-state index contributed by atoms with van der Waals surface area (Å²) in [4.78, 5) is 16.9. The molecule has 0 radical (unpaired) electrons. The maximum atomic E-state index is 12.8. The third-order valence-corrected chi connectivity index (χ3v) is 7.44. The van der Waals surface area contributed by atoms with Crippen molar-refractivity contribution >= 4 is 27.0 Å². The Morgan fingerprint density at radius 1 is 1.16 bits per heavy atom. The summed E-state index contributed by atoms with van der Waals surface area (Å²) in [5, 5.41) is 2.91. The molecule has 1 amide bonds. The second-order valence-electron chi connectivity index (χ2n) is 7.54. The maximum absolute atomic E-state index is 12.8. The molecule has 1 saturated heterocycles. The predicted octanol–water partition coefficient (Wildman–Crippen LogP) is 2.54. The number of benzene rings is 2. The molecule has 3 aromatic rings. The fraction of sp³-hybridized carbons (Fsp3) is 0.364. The number of nitrogens with one attached hydrogen (secondary N) is 1. The largest absolute Gasteiger partial charge is 0.496 e. The van der Waals surface area contributed by atoms with E-state index < -0.39 is 10.0 Å². The fourth-order valence-corrected chi connectivity index (χ4v) is 5.35. The van der Waals surface area contributed by atoms with Crippen LogP contribution in [0.15, 0.2) is 53.7 Å². The minimum absolute atomic E-state index is 0.0824. The molecule has 4 rings (SSSR count). The third kappa shape index (κ3) is 4.57. The first-order chi connectivity index (χ1) is 15.0. The molecular formula is C22H26N4O4S. The first-order valence-electron chi connectivity index (χ1n) is 10.3. The van der Waals surface area contributed by atoms with Crippen LogP contribution in [0, 0.1) is 0 Å². The lowest BCUT2D eigenvalue weighted by molar-refractivity contribution is -0.121. The number of sulfonamides is 1. The minimum atomic E-state index is -3.48. The molecule has 2 heterocycles. The van der Waals surface area contributed by atoms with Gasteiger partial charge in [-0.3, -0.25) is 4.79 Å². The lowest BCUT2D eigenvalue weighted by Gasteiger charge is -2.15. The van der Waals surface area contributed by atoms with E-state index >= 15 is 0 Å². The minimum Gasteiger partial charge on any atom is -0.496 e. The highest BCUT2D eigenvalue weighted by Crippen LogP contribution is 2.24. The molecule has 1 N–H and O–H groups in total. The Bertz CT molecular complexity index is 1180. The Kier molecular flexibility index (Phi) is 6.24. The summed E-state index contributed by atoms with van der Waals surface area (Å²) in [6.07, 6.45) is 3.73. The Morgan fingerprint density at radius 2 is 1.94 bits per heavy atom. The van der Waals surface area contributed by atoms with E-state index in [4.69, 9.17) is 4.74 Å². The maximum Gasteiger partial charge on any atom is 0.243 e. The number of rotatable bonds is 8. The van der Waals surface area contributed by atoms with Gasteiger partial charge in [0.2, 0.25) is 15.9 Å². The molecule has 1 aliphatic heterocycles. The molecule has 0 aliphatic carbocycles. The molecule has 9 heteroatoms. The highest BCUT2D eigenvalue weighted by atomic mass is 32.2. The Labute approximate surface area is 181 Å². The van der Waals surface area contributed by atoms with E-state index in [1.165, 1.54) is 4.31 Å². The van der Waals surface area contributed by atoms with Gasteiger partial charge in [0.05, 0.1) is 29.4 Å². The number of para-hydroxylation sites is 1. The van der Waals surface area contributed by atoms with Crippen molar-refractivity contribution in [2.75, 3.05) is 20.2 Å². The zero-order valence-electron chi connectivity index (χ0n) is 17.5. The number of ether oxygens (including phenoxy) is 1. The van der Waals surface area contributed by atoms with Gasteiger partial charge in [-0.25, -0.2) is 13.4 Å². The zero-order chi connectivity index (χ0) is 21.8. The van der Waals surface area contributed by atoms with Crippen LogP contribution >= 0.6 is 0 Å². The van der Waals surface area contributed by atoms with Crippen LogP contribution < -0.4 is 10.1 Å². The summed E-state index contributed by atoms with van der Waals surface area (Å²) in [6.45, 7) is 1.98. The van der Waals surface area contributed by atoms with E-state index in [0.29, 0.717) is 31.7 Å². The summed E-state index contributed by atoms with van der Waals surface area (Å²) in [7, 11) is -1.87. The van der Waals surface area contributed by atoms with Crippen LogP contribution in [-0.2, 0) is 27.9 Å². The molecule has 1 fully saturated rings. The first-order valence-corrected chi connectivity index (χ1v) is 11.8. The van der Waals surface area contributed by atoms with Gasteiger partial charge in [-0.2, -0.15) is 4.31 Å². The van der Waals surface area contributed by atoms with Crippen LogP contribution in [0.3, 0.4) is 0 Å². The summed E-state index contributed by atoms with van der Waals surface area (Å²) in [6, 6.07) is 12.6. The molecule has 1 aromatic heterocycles. The summed E-state index contributed by atoms with van der Waals surface area (Å²) < 4.78 is 34.2. The van der Waals surface area contributed by atoms with Crippen LogP contribution in [0.2, 0.25) is 0 Å². The van der Waals surface area contributed by atoms with E-state index in [0.717, 1.165) is 29.7 Å². The van der Waals surface area contributed by atoms with Crippen molar-refractivity contribution < 1.29 is 17.9 Å². The Hall–Kier alpha value is -2.91. The van der Waals surface area contributed by atoms with Crippen LogP contribution in [0.25, 0.3) is 11.0 Å². The van der Waals surface area contributed by atoms with Crippen LogP contribution in [0.1, 0.15) is 24.8 Å². The van der Waals surface area contributed by atoms with Gasteiger partial charge in [0.25, 0.3) is 0 Å². The number of nitrogens with zero attached hydrogens (tertiary/aromatic N) is 3. The zero-order valence-corrected chi connectivity index (χ0v) is 18.3. The molecule has 0 atom stereocenters. The van der Waals surface area contributed by atoms with E-state index in [9.17, 15) is 13.2 Å². The predicted molar refractivity (Wildman–Crippen MR) is 117 cm³/mol. The van der Waals surface area contributed by atoms with Gasteiger partial charge in [0, 0.05) is 38.2 Å². The number of fused-ring (bicyclic) bond motifs is 1. The van der Waals surface area contributed by atoms with Crippen molar-refractivity contribution in [3.05, 3.63) is 54.4 Å². The first kappa shape index (κ1) is 21.3. The van der Waals surface area contributed by atoms with Crippen LogP contribution in [0.4, 0.5) is 0 Å². The van der Waals surface area contributed by atoms with Gasteiger partial charge in [0.1, 0.15) is 5.75 Å². The van der Waals surface area contributed by atoms with Crippen molar-refractivity contribution in [2.45, 2.75) is 37.2 Å². The molecule has 2 aromatic carbocycles. The highest BCUT2D eigenvalue weighted by molar-refractivity contribution is 7.89. The topological polar surface area (TPSA) is 93.5 Å². The second-order valence-corrected chi connectivity index (χ2v) is 9.48. The molecule has 0 unspecified atom stereocenters. The van der Waals surface area contributed by atoms with E-state index in [1.807, 2.05) is 28.8 Å². The van der Waals surface area contributed by atoms with Gasteiger partial charge < -0.3 is 14.6 Å². The highest BCUT2D eigenvalue weighted by Gasteiger charge is 2.27. The van der Waals surface area contributed by atoms with Gasteiger partial charge in [-0.15, -0.1) is 0 Å². The van der Waals surface area contributed by atoms with E-state index in [1.54, 1.807) is 31.6 Å². The standard InChI is InChI=1S/C22H26N4O4S/c1-30-21-7-3-2-6-17(21)15-23-22(27)10-13-25-16-24-19-14-18(8-9-20(19)25)31(28,29)26-11-4-5-12-26/h2-3,6-9,14,16H,4-5,10-13,15H2,1H3,(H,23,27). The lowest BCUT2D eigenvalue weighted by Crippen LogP contribution is -2.27. The van der Waals surface area contributed by atoms with Crippen LogP contribution in [-0.4, -0.2) is 48.4 Å². The van der Waals surface area contributed by atoms with Crippen LogP contribution in [0.5, 0.6) is 5.75 Å². The molecule has 0 spiro atoms. The molecule has 0 saturated carbocycles. The third-order valence-electron chi connectivity index (χ3n) is 5.54. The van der Waals surface area contributed by atoms with Crippen molar-refractivity contribution in [3.63, 3.8) is 0 Å². The second kappa shape index (κ2) is 9.07. The lowest BCUT2D eigenvalue weighted by atomic mass is 10.2. The van der Waals surface area contributed by atoms with Gasteiger partial charge in [-0.05, 0) is 37.1 Å². The number of methoxy groups -OCH3 is 1. The number of hydrogen-bond acceptors (Lipinski definition) is 5. The van der Waals surface area contributed by atoms with E-state index in [-0.39, 0.29) is 17.2 Å². The number of aryl methyl sites for hydroxylation is 1. The fourth-order valence-electron chi connectivity index (χ4n) is 3.81. The van der Waals surface area contributed by atoms with Crippen molar-refractivity contribution in [2.24, 2.45) is 0 Å². The van der Waals surface area contributed by atoms with Gasteiger partial charge in [-0.1, -0.05) is 18.2 Å². The number of imidazole rings is 1. The molecule has 0 bridgehead atoms. The van der Waals surface area contributed by atoms with Crippen molar-refractivity contribution in [3.8, 4) is 5.75 Å². The molecule has 164 valence electrons. The molecule has 31 heavy (non-hydrogen) atoms. The molecular weight excluding hydrogens is 416 g/mol.